The van der Waals surface area contributed by atoms with Crippen LogP contribution in [0.25, 0.3) is 0 Å². The van der Waals surface area contributed by atoms with E-state index >= 15 is 0 Å². The smallest absolute Gasteiger partial charge is 0.334 e. The summed E-state index contributed by atoms with van der Waals surface area (Å²) >= 11 is 0. The Morgan fingerprint density at radius 1 is 0.534 bits per heavy atom. The molecular weight excluding hydrogens is 789 g/mol. The second-order valence-corrected chi connectivity index (χ2v) is 39.8. The lowest BCUT2D eigenvalue weighted by Crippen LogP contribution is -2.42. The third-order valence-electron chi connectivity index (χ3n) is 11.1. The second kappa shape index (κ2) is 27.1. The third kappa shape index (κ3) is 26.4. The maximum atomic E-state index is 12.3. The van der Waals surface area contributed by atoms with E-state index in [9.17, 15) is 4.79 Å². The van der Waals surface area contributed by atoms with Gasteiger partial charge in [0.2, 0.25) is 0 Å². The molecule has 0 aromatic rings. The zero-order valence-electron chi connectivity index (χ0n) is 40.7. The van der Waals surface area contributed by atoms with E-state index in [1.54, 1.807) is 0 Å². The van der Waals surface area contributed by atoms with Crippen molar-refractivity contribution in [3.8, 4) is 0 Å². The molecule has 1 fully saturated rings. The molecule has 2 aliphatic rings. The van der Waals surface area contributed by atoms with Crippen molar-refractivity contribution in [1.82, 2.24) is 0 Å². The van der Waals surface area contributed by atoms with Crippen molar-refractivity contribution < 1.29 is 32.0 Å². The number of ether oxygens (including phenoxy) is 2. The maximum Gasteiger partial charge on any atom is 0.334 e. The van der Waals surface area contributed by atoms with E-state index in [-0.39, 0.29) is 48.7 Å². The Morgan fingerprint density at radius 2 is 0.931 bits per heavy atom. The van der Waals surface area contributed by atoms with Gasteiger partial charge in [-0.1, -0.05) is 103 Å². The highest BCUT2D eigenvalue weighted by Crippen LogP contribution is 2.34. The molecule has 0 aromatic carbocycles. The number of hydrogen-bond donors (Lipinski definition) is 0. The number of carbonyl (C=O) groups excluding carboxylic acids is 1. The summed E-state index contributed by atoms with van der Waals surface area (Å²) in [5.74, 6) is -0.166. The van der Waals surface area contributed by atoms with Crippen molar-refractivity contribution in [1.29, 1.82) is 0 Å². The van der Waals surface area contributed by atoms with Gasteiger partial charge in [-0.15, -0.1) is 0 Å². The van der Waals surface area contributed by atoms with Gasteiger partial charge in [0.05, 0.1) is 24.4 Å². The molecule has 0 radical (unpaired) electrons. The fourth-order valence-corrected chi connectivity index (χ4v) is 13.5. The van der Waals surface area contributed by atoms with Gasteiger partial charge in [-0.3, -0.25) is 0 Å². The monoisotopic (exact) mass is 885 g/mol. The van der Waals surface area contributed by atoms with Crippen LogP contribution in [0.3, 0.4) is 0 Å². The van der Waals surface area contributed by atoms with Crippen LogP contribution in [0.1, 0.15) is 162 Å². The van der Waals surface area contributed by atoms with E-state index in [0.29, 0.717) is 6.42 Å². The first-order valence-electron chi connectivity index (χ1n) is 24.3. The summed E-state index contributed by atoms with van der Waals surface area (Å²) in [5.41, 5.74) is 0.792. The topological polar surface area (TPSA) is 72.5 Å². The predicted octanol–water partition coefficient (Wildman–Crippen LogP) is 14.5. The largest absolute Gasteiger partial charge is 0.455 e. The summed E-state index contributed by atoms with van der Waals surface area (Å²) in [6, 6.07) is 0. The lowest BCUT2D eigenvalue weighted by molar-refractivity contribution is -0.139. The minimum Gasteiger partial charge on any atom is -0.455 e. The molecule has 7 nitrogen and oxygen atoms in total. The van der Waals surface area contributed by atoms with Gasteiger partial charge in [0.1, 0.15) is 6.10 Å². The van der Waals surface area contributed by atoms with Crippen LogP contribution in [0.5, 0.6) is 0 Å². The van der Waals surface area contributed by atoms with Crippen molar-refractivity contribution >= 4 is 39.2 Å². The van der Waals surface area contributed by atoms with Gasteiger partial charge in [0.25, 0.3) is 0 Å². The quantitative estimate of drug-likeness (QED) is 0.0362. The molecule has 2 heterocycles. The summed E-state index contributed by atoms with van der Waals surface area (Å²) < 4.78 is 39.6. The lowest BCUT2D eigenvalue weighted by Gasteiger charge is -2.34. The molecule has 7 atom stereocenters. The van der Waals surface area contributed by atoms with Crippen molar-refractivity contribution in [2.24, 2.45) is 0 Å². The molecule has 0 spiro atoms. The Bertz CT molecular complexity index is 1140. The van der Waals surface area contributed by atoms with Crippen molar-refractivity contribution in [3.63, 3.8) is 0 Å². The molecule has 0 aromatic heterocycles. The van der Waals surface area contributed by atoms with Gasteiger partial charge < -0.3 is 27.2 Å². The Hall–Kier alpha value is -0.122. The number of cyclic esters (lactones) is 1. The molecular formula is C47H96O7Si4. The average molecular weight is 886 g/mol. The molecule has 0 aliphatic carbocycles. The Morgan fingerprint density at radius 3 is 1.36 bits per heavy atom. The molecule has 11 heteroatoms. The molecule has 0 amide bonds. The van der Waals surface area contributed by atoms with Crippen LogP contribution >= 0.6 is 0 Å². The predicted molar refractivity (Wildman–Crippen MR) is 257 cm³/mol. The number of unbranched alkanes of at least 4 members (excludes halogenated alkanes) is 13. The Labute approximate surface area is 364 Å². The minimum absolute atomic E-state index is 0.0963. The van der Waals surface area contributed by atoms with Crippen LogP contribution in [0.4, 0.5) is 0 Å². The molecule has 0 unspecified atom stereocenters. The zero-order chi connectivity index (χ0) is 43.4. The minimum atomic E-state index is -1.79. The summed E-state index contributed by atoms with van der Waals surface area (Å²) in [6.45, 7) is 31.9. The summed E-state index contributed by atoms with van der Waals surface area (Å²) in [4.78, 5) is 12.3. The van der Waals surface area contributed by atoms with Crippen molar-refractivity contribution in [3.05, 3.63) is 11.6 Å². The van der Waals surface area contributed by atoms with E-state index in [2.05, 4.69) is 85.5 Å². The first-order valence-corrected chi connectivity index (χ1v) is 38.0. The van der Waals surface area contributed by atoms with Crippen LogP contribution in [-0.2, 0) is 32.0 Å². The molecule has 2 aliphatic heterocycles. The van der Waals surface area contributed by atoms with Gasteiger partial charge in [-0.05, 0) is 137 Å². The Kier molecular flexibility index (Phi) is 25.3. The second-order valence-electron chi connectivity index (χ2n) is 21.9. The Balaban J connectivity index is 1.90. The highest BCUT2D eigenvalue weighted by atomic mass is 28.4. The van der Waals surface area contributed by atoms with Crippen LogP contribution in [0.15, 0.2) is 11.6 Å². The molecule has 0 saturated carbocycles. The van der Waals surface area contributed by atoms with E-state index in [1.165, 1.54) is 89.9 Å². The number of rotatable bonds is 34. The fourth-order valence-electron chi connectivity index (χ4n) is 8.73. The van der Waals surface area contributed by atoms with Gasteiger partial charge in [-0.25, -0.2) is 4.79 Å². The first kappa shape index (κ1) is 54.0. The molecule has 2 rings (SSSR count). The van der Waals surface area contributed by atoms with Crippen molar-refractivity contribution in [2.75, 3.05) is 0 Å². The molecule has 342 valence electrons. The first-order chi connectivity index (χ1) is 27.0. The van der Waals surface area contributed by atoms with E-state index in [1.807, 2.05) is 13.0 Å². The zero-order valence-corrected chi connectivity index (χ0v) is 44.7. The molecule has 1 saturated heterocycles. The van der Waals surface area contributed by atoms with Crippen molar-refractivity contribution in [2.45, 2.75) is 283 Å². The highest BCUT2D eigenvalue weighted by Gasteiger charge is 2.40. The van der Waals surface area contributed by atoms with Crippen LogP contribution in [0, 0.1) is 0 Å². The number of esters is 1. The van der Waals surface area contributed by atoms with Gasteiger partial charge in [-0.2, -0.15) is 0 Å². The van der Waals surface area contributed by atoms with Gasteiger partial charge in [0, 0.05) is 24.2 Å². The van der Waals surface area contributed by atoms with Gasteiger partial charge >= 0.3 is 5.97 Å². The van der Waals surface area contributed by atoms with Crippen LogP contribution in [-0.4, -0.2) is 82.0 Å². The summed E-state index contributed by atoms with van der Waals surface area (Å²) in [6.07, 6.45) is 30.5. The normalized spacial score (nSPS) is 21.6. The number of hydrogen-bond acceptors (Lipinski definition) is 7. The summed E-state index contributed by atoms with van der Waals surface area (Å²) in [5, 5.41) is 0. The maximum absolute atomic E-state index is 12.3. The van der Waals surface area contributed by atoms with Gasteiger partial charge in [0.15, 0.2) is 33.3 Å². The fraction of sp³-hybridized carbons (Fsp3) is 0.936. The molecule has 0 N–H and O–H groups in total. The highest BCUT2D eigenvalue weighted by molar-refractivity contribution is 6.70. The van der Waals surface area contributed by atoms with E-state index in [4.69, 9.17) is 27.2 Å². The number of carbonyl (C=O) groups is 1. The third-order valence-corrected chi connectivity index (χ3v) is 15.2. The van der Waals surface area contributed by atoms with Crippen LogP contribution in [0.2, 0.25) is 78.6 Å². The summed E-state index contributed by atoms with van der Waals surface area (Å²) in [7, 11) is -6.94. The molecule has 0 bridgehead atoms. The van der Waals surface area contributed by atoms with Crippen LogP contribution < -0.4 is 0 Å². The lowest BCUT2D eigenvalue weighted by atomic mass is 9.98. The van der Waals surface area contributed by atoms with E-state index < -0.39 is 33.3 Å². The molecule has 58 heavy (non-hydrogen) atoms. The average Bonchev–Trinajstić information content (AvgIpc) is 3.69. The standard InChI is InChI=1S/C47H96O7Si4/c1-15-16-17-18-19-20-21-22-26-29-32-45(53-57(9,10)11)43-35-36-44(50-43)46(54-58(12,13)14)34-33-41(51-55(3,4)5)30-27-24-23-25-28-31-42(52-56(6,7)8)38-40-37-39(2)49-47(40)48/h37,39,41-46H,15-36,38H2,1-14H3/t39-,41+,42+,43+,44+,45+,46-/m0/s1. The SMILES string of the molecule is CCCCCCCCCCCC[C@@H](O[Si](C)(C)C)[C@H]1CC[C@H]([C@H](CC[C@@H](CCCCCCC[C@H](CC2=C[C@H](C)OC2=O)O[Si](C)(C)C)O[Si](C)(C)C)O[Si](C)(C)C)O1. The van der Waals surface area contributed by atoms with E-state index in [0.717, 1.165) is 56.9 Å².